The second kappa shape index (κ2) is 4.09. The molecule has 0 spiro atoms. The number of allylic oxidation sites excluding steroid dienone is 1. The SMILES string of the molecule is C=C(C)c1cccc(C(F)(F)F)c1C(F)(F)F. The maximum Gasteiger partial charge on any atom is 0.417 e. The number of alkyl halides is 6. The van der Waals surface area contributed by atoms with E-state index >= 15 is 0 Å². The van der Waals surface area contributed by atoms with Crippen molar-refractivity contribution in [2.75, 3.05) is 0 Å². The van der Waals surface area contributed by atoms with Crippen molar-refractivity contribution in [1.29, 1.82) is 0 Å². The van der Waals surface area contributed by atoms with Crippen molar-refractivity contribution in [3.8, 4) is 0 Å². The lowest BCUT2D eigenvalue weighted by molar-refractivity contribution is -0.162. The van der Waals surface area contributed by atoms with E-state index in [0.717, 1.165) is 12.1 Å². The summed E-state index contributed by atoms with van der Waals surface area (Å²) in [6.07, 6.45) is -10.1. The van der Waals surface area contributed by atoms with E-state index in [4.69, 9.17) is 0 Å². The summed E-state index contributed by atoms with van der Waals surface area (Å²) >= 11 is 0. The molecule has 1 rings (SSSR count). The second-order valence-corrected chi connectivity index (χ2v) is 3.50. The Labute approximate surface area is 93.6 Å². The van der Waals surface area contributed by atoms with E-state index in [-0.39, 0.29) is 5.57 Å². The van der Waals surface area contributed by atoms with Gasteiger partial charge < -0.3 is 0 Å². The highest BCUT2D eigenvalue weighted by molar-refractivity contribution is 5.66. The number of hydrogen-bond donors (Lipinski definition) is 0. The Morgan fingerprint density at radius 2 is 1.53 bits per heavy atom. The molecule has 0 N–H and O–H groups in total. The zero-order valence-electron chi connectivity index (χ0n) is 8.71. The average molecular weight is 254 g/mol. The van der Waals surface area contributed by atoms with Crippen molar-refractivity contribution < 1.29 is 26.3 Å². The van der Waals surface area contributed by atoms with Gasteiger partial charge >= 0.3 is 12.4 Å². The van der Waals surface area contributed by atoms with Crippen LogP contribution in [-0.2, 0) is 12.4 Å². The molecule has 0 nitrogen and oxygen atoms in total. The van der Waals surface area contributed by atoms with Crippen molar-refractivity contribution >= 4 is 5.57 Å². The molecule has 94 valence electrons. The molecule has 6 heteroatoms. The van der Waals surface area contributed by atoms with Crippen LogP contribution in [-0.4, -0.2) is 0 Å². The molecule has 0 atom stereocenters. The van der Waals surface area contributed by atoms with E-state index < -0.39 is 29.0 Å². The lowest BCUT2D eigenvalue weighted by Gasteiger charge is -2.19. The van der Waals surface area contributed by atoms with Gasteiger partial charge in [-0.15, -0.1) is 0 Å². The van der Waals surface area contributed by atoms with Crippen LogP contribution in [0.25, 0.3) is 5.57 Å². The minimum Gasteiger partial charge on any atom is -0.166 e. The minimum absolute atomic E-state index is 0.0663. The Bertz CT molecular complexity index is 438. The summed E-state index contributed by atoms with van der Waals surface area (Å²) in [6, 6.07) is 2.32. The van der Waals surface area contributed by atoms with Crippen molar-refractivity contribution in [3.05, 3.63) is 41.5 Å². The van der Waals surface area contributed by atoms with Crippen molar-refractivity contribution in [2.24, 2.45) is 0 Å². The molecule has 0 saturated carbocycles. The zero-order valence-corrected chi connectivity index (χ0v) is 8.71. The smallest absolute Gasteiger partial charge is 0.166 e. The van der Waals surface area contributed by atoms with Gasteiger partial charge in [0.25, 0.3) is 0 Å². The van der Waals surface area contributed by atoms with Gasteiger partial charge in [0.1, 0.15) is 0 Å². The molecule has 0 aliphatic heterocycles. The molecule has 0 amide bonds. The van der Waals surface area contributed by atoms with Crippen molar-refractivity contribution in [1.82, 2.24) is 0 Å². The van der Waals surface area contributed by atoms with E-state index in [1.807, 2.05) is 0 Å². The maximum atomic E-state index is 12.7. The van der Waals surface area contributed by atoms with E-state index in [0.29, 0.717) is 6.07 Å². The van der Waals surface area contributed by atoms with Crippen LogP contribution in [0.1, 0.15) is 23.6 Å². The molecule has 0 fully saturated rings. The second-order valence-electron chi connectivity index (χ2n) is 3.50. The van der Waals surface area contributed by atoms with Gasteiger partial charge in [0.05, 0.1) is 11.1 Å². The summed E-state index contributed by atoms with van der Waals surface area (Å²) in [7, 11) is 0. The summed E-state index contributed by atoms with van der Waals surface area (Å²) in [5, 5.41) is 0. The fourth-order valence-electron chi connectivity index (χ4n) is 1.45. The standard InChI is InChI=1S/C11H8F6/c1-6(2)7-4-3-5-8(10(12,13)14)9(7)11(15,16)17/h3-5H,1H2,2H3. The van der Waals surface area contributed by atoms with E-state index in [9.17, 15) is 26.3 Å². The fourth-order valence-corrected chi connectivity index (χ4v) is 1.45. The summed E-state index contributed by atoms with van der Waals surface area (Å²) in [4.78, 5) is 0. The van der Waals surface area contributed by atoms with Crippen LogP contribution < -0.4 is 0 Å². The monoisotopic (exact) mass is 254 g/mol. The summed E-state index contributed by atoms with van der Waals surface area (Å²) in [6.45, 7) is 4.48. The van der Waals surface area contributed by atoms with Crippen LogP contribution in [0.5, 0.6) is 0 Å². The Hall–Kier alpha value is -1.46. The predicted octanol–water partition coefficient (Wildman–Crippen LogP) is 4.76. The fraction of sp³-hybridized carbons (Fsp3) is 0.273. The zero-order chi connectivity index (χ0) is 13.4. The molecule has 1 aromatic carbocycles. The number of benzene rings is 1. The van der Waals surface area contributed by atoms with Crippen LogP contribution in [0.4, 0.5) is 26.3 Å². The molecular weight excluding hydrogens is 246 g/mol. The van der Waals surface area contributed by atoms with Gasteiger partial charge in [0.15, 0.2) is 0 Å². The molecule has 0 radical (unpaired) electrons. The number of hydrogen-bond acceptors (Lipinski definition) is 0. The third-order valence-corrected chi connectivity index (χ3v) is 2.11. The Morgan fingerprint density at radius 3 is 1.88 bits per heavy atom. The summed E-state index contributed by atoms with van der Waals surface area (Å²) < 4.78 is 75.5. The van der Waals surface area contributed by atoms with E-state index in [1.54, 1.807) is 0 Å². The van der Waals surface area contributed by atoms with Crippen LogP contribution in [0.2, 0.25) is 0 Å². The highest BCUT2D eigenvalue weighted by Gasteiger charge is 2.44. The summed E-state index contributed by atoms with van der Waals surface area (Å²) in [5.41, 5.74) is -3.97. The molecule has 0 heterocycles. The van der Waals surface area contributed by atoms with Crippen LogP contribution >= 0.6 is 0 Å². The Kier molecular flexibility index (Phi) is 3.27. The molecule has 0 aliphatic rings. The molecule has 17 heavy (non-hydrogen) atoms. The third kappa shape index (κ3) is 2.81. The summed E-state index contributed by atoms with van der Waals surface area (Å²) in [5.74, 6) is 0. The van der Waals surface area contributed by atoms with Crippen LogP contribution in [0, 0.1) is 0 Å². The first-order valence-electron chi connectivity index (χ1n) is 4.48. The average Bonchev–Trinajstić information content (AvgIpc) is 2.13. The molecule has 0 saturated heterocycles. The lowest BCUT2D eigenvalue weighted by Crippen LogP contribution is -2.18. The normalized spacial score (nSPS) is 12.6. The van der Waals surface area contributed by atoms with Crippen LogP contribution in [0.15, 0.2) is 24.8 Å². The van der Waals surface area contributed by atoms with E-state index in [2.05, 4.69) is 6.58 Å². The first kappa shape index (κ1) is 13.6. The van der Waals surface area contributed by atoms with Gasteiger partial charge in [-0.2, -0.15) is 26.3 Å². The van der Waals surface area contributed by atoms with Crippen LogP contribution in [0.3, 0.4) is 0 Å². The van der Waals surface area contributed by atoms with Gasteiger partial charge in [0, 0.05) is 0 Å². The Balaban J connectivity index is 3.64. The van der Waals surface area contributed by atoms with Gasteiger partial charge in [-0.05, 0) is 18.6 Å². The predicted molar refractivity (Wildman–Crippen MR) is 51.2 cm³/mol. The number of rotatable bonds is 1. The lowest BCUT2D eigenvalue weighted by atomic mass is 9.96. The molecule has 1 aromatic rings. The third-order valence-electron chi connectivity index (χ3n) is 2.11. The molecule has 0 aliphatic carbocycles. The van der Waals surface area contributed by atoms with Crippen molar-refractivity contribution in [2.45, 2.75) is 19.3 Å². The van der Waals surface area contributed by atoms with Gasteiger partial charge in [-0.1, -0.05) is 24.3 Å². The molecule has 0 unspecified atom stereocenters. The van der Waals surface area contributed by atoms with Gasteiger partial charge in [-0.25, -0.2) is 0 Å². The largest absolute Gasteiger partial charge is 0.417 e. The first-order valence-corrected chi connectivity index (χ1v) is 4.48. The highest BCUT2D eigenvalue weighted by Crippen LogP contribution is 2.43. The van der Waals surface area contributed by atoms with E-state index in [1.165, 1.54) is 6.92 Å². The highest BCUT2D eigenvalue weighted by atomic mass is 19.4. The molecular formula is C11H8F6. The Morgan fingerprint density at radius 1 is 1.00 bits per heavy atom. The molecule has 0 bridgehead atoms. The van der Waals surface area contributed by atoms with Gasteiger partial charge in [-0.3, -0.25) is 0 Å². The van der Waals surface area contributed by atoms with Gasteiger partial charge in [0.2, 0.25) is 0 Å². The maximum absolute atomic E-state index is 12.7. The number of halogens is 6. The minimum atomic E-state index is -5.07. The molecule has 0 aromatic heterocycles. The first-order chi connectivity index (χ1) is 7.55. The van der Waals surface area contributed by atoms with Crippen molar-refractivity contribution in [3.63, 3.8) is 0 Å². The quantitative estimate of drug-likeness (QED) is 0.634. The topological polar surface area (TPSA) is 0 Å².